The Bertz CT molecular complexity index is 985. The Hall–Kier alpha value is -3.49. The molecule has 0 spiro atoms. The molecule has 1 saturated heterocycles. The van der Waals surface area contributed by atoms with Gasteiger partial charge in [-0.15, -0.1) is 0 Å². The average molecular weight is 384 g/mol. The van der Waals surface area contributed by atoms with Crippen molar-refractivity contribution < 1.29 is 5.11 Å². The largest absolute Gasteiger partial charge is 0.462 e. The predicted octanol–water partition coefficient (Wildman–Crippen LogP) is 3.83. The van der Waals surface area contributed by atoms with E-state index in [0.717, 1.165) is 49.8 Å². The zero-order valence-electron chi connectivity index (χ0n) is 16.3. The van der Waals surface area contributed by atoms with Crippen molar-refractivity contribution in [1.82, 2.24) is 9.88 Å². The smallest absolute Gasteiger partial charge is 0.134 e. The van der Waals surface area contributed by atoms with Gasteiger partial charge >= 0.3 is 0 Å². The lowest BCUT2D eigenvalue weighted by Crippen LogP contribution is -2.46. The molecule has 2 heterocycles. The number of aliphatic hydroxyl groups is 1. The highest BCUT2D eigenvalue weighted by Gasteiger charge is 2.18. The molecule has 0 saturated carbocycles. The van der Waals surface area contributed by atoms with Crippen molar-refractivity contribution in [2.45, 2.75) is 6.54 Å². The maximum Gasteiger partial charge on any atom is 0.134 e. The van der Waals surface area contributed by atoms with Gasteiger partial charge in [0.25, 0.3) is 0 Å². The van der Waals surface area contributed by atoms with Gasteiger partial charge < -0.3 is 15.3 Å². The van der Waals surface area contributed by atoms with E-state index in [-0.39, 0.29) is 0 Å². The fourth-order valence-electron chi connectivity index (χ4n) is 3.56. The van der Waals surface area contributed by atoms with Gasteiger partial charge in [0.2, 0.25) is 0 Å². The average Bonchev–Trinajstić information content (AvgIpc) is 2.77. The van der Waals surface area contributed by atoms with Crippen molar-refractivity contribution in [2.24, 2.45) is 0 Å². The van der Waals surface area contributed by atoms with Crippen LogP contribution in [0.3, 0.4) is 0 Å². The standard InChI is InChI=1S/C24H24N4O/c29-18-12-20-8-10-23(11-9-20)28-16-14-27(15-17-28)19-21-5-4-13-25-24(21)26-22-6-2-1-3-7-22/h1-11,13,29H,14-17,19H2,(H,25,26). The lowest BCUT2D eigenvalue weighted by molar-refractivity contribution is 0.250. The van der Waals surface area contributed by atoms with E-state index in [9.17, 15) is 0 Å². The van der Waals surface area contributed by atoms with Crippen LogP contribution in [0.2, 0.25) is 0 Å². The van der Waals surface area contributed by atoms with Crippen LogP contribution in [0.15, 0.2) is 72.9 Å². The third-order valence-corrected chi connectivity index (χ3v) is 5.13. The quantitative estimate of drug-likeness (QED) is 0.655. The summed E-state index contributed by atoms with van der Waals surface area (Å²) >= 11 is 0. The maximum atomic E-state index is 8.70. The summed E-state index contributed by atoms with van der Waals surface area (Å²) in [6.07, 6.45) is 3.78. The number of anilines is 3. The number of pyridine rings is 1. The third kappa shape index (κ3) is 4.87. The number of para-hydroxylation sites is 1. The van der Waals surface area contributed by atoms with Crippen molar-refractivity contribution >= 4 is 17.2 Å². The Morgan fingerprint density at radius 2 is 1.66 bits per heavy atom. The number of piperazine rings is 1. The number of nitrogens with zero attached hydrogens (tertiary/aromatic N) is 3. The van der Waals surface area contributed by atoms with E-state index >= 15 is 0 Å². The van der Waals surface area contributed by atoms with E-state index in [1.165, 1.54) is 11.3 Å². The van der Waals surface area contributed by atoms with Crippen LogP contribution < -0.4 is 10.2 Å². The fraction of sp³-hybridized carbons (Fsp3) is 0.208. The zero-order valence-corrected chi connectivity index (χ0v) is 16.3. The van der Waals surface area contributed by atoms with Crippen LogP contribution in [0.4, 0.5) is 17.2 Å². The fourth-order valence-corrected chi connectivity index (χ4v) is 3.56. The number of rotatable bonds is 5. The number of benzene rings is 2. The van der Waals surface area contributed by atoms with Crippen LogP contribution in [0.1, 0.15) is 11.1 Å². The first-order valence-corrected chi connectivity index (χ1v) is 9.80. The van der Waals surface area contributed by atoms with Crippen LogP contribution in [0.5, 0.6) is 0 Å². The predicted molar refractivity (Wildman–Crippen MR) is 117 cm³/mol. The van der Waals surface area contributed by atoms with Gasteiger partial charge in [0.15, 0.2) is 0 Å². The van der Waals surface area contributed by atoms with Crippen LogP contribution in [-0.2, 0) is 6.54 Å². The molecule has 2 aromatic carbocycles. The highest BCUT2D eigenvalue weighted by molar-refractivity contribution is 5.59. The summed E-state index contributed by atoms with van der Waals surface area (Å²) in [6.45, 7) is 4.83. The molecule has 2 N–H and O–H groups in total. The van der Waals surface area contributed by atoms with Gasteiger partial charge in [0, 0.05) is 61.4 Å². The summed E-state index contributed by atoms with van der Waals surface area (Å²) in [7, 11) is 0. The molecule has 1 aromatic heterocycles. The molecule has 3 aromatic rings. The molecule has 0 atom stereocenters. The second-order valence-corrected chi connectivity index (χ2v) is 7.05. The summed E-state index contributed by atoms with van der Waals surface area (Å²) in [5, 5.41) is 12.1. The van der Waals surface area contributed by atoms with Gasteiger partial charge in [-0.1, -0.05) is 24.3 Å². The molecule has 5 nitrogen and oxygen atoms in total. The molecule has 146 valence electrons. The van der Waals surface area contributed by atoms with Crippen LogP contribution in [0.25, 0.3) is 0 Å². The maximum absolute atomic E-state index is 8.70. The molecule has 5 heteroatoms. The van der Waals surface area contributed by atoms with Crippen molar-refractivity contribution in [3.8, 4) is 12.0 Å². The van der Waals surface area contributed by atoms with E-state index < -0.39 is 0 Å². The Kier molecular flexibility index (Phi) is 5.94. The summed E-state index contributed by atoms with van der Waals surface area (Å²) < 4.78 is 0. The molecule has 1 fully saturated rings. The van der Waals surface area contributed by atoms with Gasteiger partial charge in [-0.2, -0.15) is 0 Å². The molecular weight excluding hydrogens is 360 g/mol. The van der Waals surface area contributed by atoms with Crippen molar-refractivity contribution in [1.29, 1.82) is 0 Å². The second-order valence-electron chi connectivity index (χ2n) is 7.05. The topological polar surface area (TPSA) is 51.6 Å². The van der Waals surface area contributed by atoms with E-state index in [1.807, 2.05) is 48.7 Å². The number of aliphatic hydroxyl groups excluding tert-OH is 1. The van der Waals surface area contributed by atoms with Crippen LogP contribution >= 0.6 is 0 Å². The number of hydrogen-bond acceptors (Lipinski definition) is 5. The number of hydrogen-bond donors (Lipinski definition) is 2. The molecule has 4 rings (SSSR count). The molecule has 0 unspecified atom stereocenters. The molecule has 0 aliphatic carbocycles. The van der Waals surface area contributed by atoms with Gasteiger partial charge in [-0.25, -0.2) is 4.98 Å². The highest BCUT2D eigenvalue weighted by Crippen LogP contribution is 2.22. The van der Waals surface area contributed by atoms with Crippen LogP contribution in [0, 0.1) is 12.0 Å². The van der Waals surface area contributed by atoms with Gasteiger partial charge in [0.1, 0.15) is 11.9 Å². The Balaban J connectivity index is 1.37. The van der Waals surface area contributed by atoms with Gasteiger partial charge in [0.05, 0.1) is 0 Å². The van der Waals surface area contributed by atoms with E-state index in [4.69, 9.17) is 5.11 Å². The first-order chi connectivity index (χ1) is 14.3. The lowest BCUT2D eigenvalue weighted by Gasteiger charge is -2.36. The summed E-state index contributed by atoms with van der Waals surface area (Å²) in [6, 6.07) is 22.3. The first kappa shape index (κ1) is 18.9. The van der Waals surface area contributed by atoms with Crippen LogP contribution in [-0.4, -0.2) is 41.2 Å². The second kappa shape index (κ2) is 9.13. The lowest BCUT2D eigenvalue weighted by atomic mass is 10.1. The molecule has 1 aliphatic rings. The minimum atomic E-state index is 0.824. The number of nitrogens with one attached hydrogen (secondary N) is 1. The monoisotopic (exact) mass is 384 g/mol. The molecule has 0 radical (unpaired) electrons. The van der Waals surface area contributed by atoms with Crippen molar-refractivity contribution in [3.63, 3.8) is 0 Å². The van der Waals surface area contributed by atoms with E-state index in [1.54, 1.807) is 0 Å². The van der Waals surface area contributed by atoms with E-state index in [2.05, 4.69) is 56.4 Å². The van der Waals surface area contributed by atoms with Crippen molar-refractivity contribution in [2.75, 3.05) is 36.4 Å². The Morgan fingerprint density at radius 3 is 2.38 bits per heavy atom. The highest BCUT2D eigenvalue weighted by atomic mass is 16.2. The minimum absolute atomic E-state index is 0.824. The Morgan fingerprint density at radius 1 is 0.897 bits per heavy atom. The summed E-state index contributed by atoms with van der Waals surface area (Å²) in [5.74, 6) is 3.58. The van der Waals surface area contributed by atoms with E-state index in [0.29, 0.717) is 0 Å². The molecule has 29 heavy (non-hydrogen) atoms. The minimum Gasteiger partial charge on any atom is -0.462 e. The van der Waals surface area contributed by atoms with Gasteiger partial charge in [-0.05, 0) is 48.4 Å². The number of aromatic nitrogens is 1. The summed E-state index contributed by atoms with van der Waals surface area (Å²) in [4.78, 5) is 9.40. The Labute approximate surface area is 171 Å². The molecule has 0 amide bonds. The zero-order chi connectivity index (χ0) is 19.9. The molecular formula is C24H24N4O. The normalized spacial score (nSPS) is 14.1. The first-order valence-electron chi connectivity index (χ1n) is 9.80. The van der Waals surface area contributed by atoms with Gasteiger partial charge in [-0.3, -0.25) is 4.90 Å². The third-order valence-electron chi connectivity index (χ3n) is 5.13. The SMILES string of the molecule is OC#Cc1ccc(N2CCN(Cc3cccnc3Nc3ccccc3)CC2)cc1. The molecule has 0 bridgehead atoms. The molecule has 1 aliphatic heterocycles. The summed E-state index contributed by atoms with van der Waals surface area (Å²) in [5.41, 5.74) is 4.27. The van der Waals surface area contributed by atoms with Crippen molar-refractivity contribution in [3.05, 3.63) is 84.1 Å².